The summed E-state index contributed by atoms with van der Waals surface area (Å²) in [5.41, 5.74) is 1.19. The molecule has 0 saturated carbocycles. The molecule has 0 amide bonds. The summed E-state index contributed by atoms with van der Waals surface area (Å²) in [6.07, 6.45) is 6.47. The molecule has 1 atom stereocenters. The Kier molecular flexibility index (Phi) is 7.97. The first-order valence-electron chi connectivity index (χ1n) is 8.12. The normalized spacial score (nSPS) is 13.3. The Morgan fingerprint density at radius 1 is 1.05 bits per heavy atom. The van der Waals surface area contributed by atoms with E-state index in [1.54, 1.807) is 12.1 Å². The fourth-order valence-electron chi connectivity index (χ4n) is 2.38. The van der Waals surface area contributed by atoms with E-state index in [1.165, 1.54) is 5.56 Å². The highest BCUT2D eigenvalue weighted by Gasteiger charge is 2.16. The van der Waals surface area contributed by atoms with E-state index in [0.29, 0.717) is 17.4 Å². The molecule has 1 aromatic carbocycles. The highest BCUT2D eigenvalue weighted by molar-refractivity contribution is 7.89. The Hall–Kier alpha value is -0.870. The molecule has 3 nitrogen and oxygen atoms in total. The van der Waals surface area contributed by atoms with Gasteiger partial charge in [0.15, 0.2) is 0 Å². The lowest BCUT2D eigenvalue weighted by molar-refractivity contribution is 0.444. The van der Waals surface area contributed by atoms with Crippen molar-refractivity contribution in [3.63, 3.8) is 0 Å². The number of unbranched alkanes of at least 4 members (excludes halogenated alkanes) is 1. The molecule has 1 unspecified atom stereocenters. The summed E-state index contributed by atoms with van der Waals surface area (Å²) in [6.45, 7) is 6.94. The molecule has 0 radical (unpaired) electrons. The van der Waals surface area contributed by atoms with Crippen molar-refractivity contribution in [3.8, 4) is 0 Å². The zero-order valence-corrected chi connectivity index (χ0v) is 14.4. The topological polar surface area (TPSA) is 46.2 Å². The van der Waals surface area contributed by atoms with Crippen LogP contribution < -0.4 is 4.72 Å². The van der Waals surface area contributed by atoms with Crippen LogP contribution in [-0.4, -0.2) is 15.0 Å². The van der Waals surface area contributed by atoms with Crippen molar-refractivity contribution < 1.29 is 8.42 Å². The van der Waals surface area contributed by atoms with Gasteiger partial charge in [0.2, 0.25) is 10.0 Å². The largest absolute Gasteiger partial charge is 0.240 e. The van der Waals surface area contributed by atoms with E-state index in [0.717, 1.165) is 38.5 Å². The molecule has 0 aromatic heterocycles. The number of aryl methyl sites for hydroxylation is 1. The van der Waals surface area contributed by atoms with E-state index in [-0.39, 0.29) is 0 Å². The van der Waals surface area contributed by atoms with Crippen molar-refractivity contribution in [2.24, 2.45) is 5.92 Å². The quantitative estimate of drug-likeness (QED) is 0.706. The van der Waals surface area contributed by atoms with Gasteiger partial charge in [0.05, 0.1) is 4.90 Å². The van der Waals surface area contributed by atoms with Crippen LogP contribution in [0.4, 0.5) is 0 Å². The van der Waals surface area contributed by atoms with Crippen LogP contribution in [0.5, 0.6) is 0 Å². The lowest BCUT2D eigenvalue weighted by atomic mass is 10.00. The number of rotatable bonds is 10. The lowest BCUT2D eigenvalue weighted by Gasteiger charge is -2.15. The average Bonchev–Trinajstić information content (AvgIpc) is 2.48. The molecule has 0 heterocycles. The second-order valence-electron chi connectivity index (χ2n) is 5.66. The monoisotopic (exact) mass is 311 g/mol. The first-order chi connectivity index (χ1) is 10.0. The molecule has 0 saturated heterocycles. The minimum Gasteiger partial charge on any atom is -0.211 e. The molecular formula is C17H29NO2S. The second kappa shape index (κ2) is 9.21. The number of hydrogen-bond acceptors (Lipinski definition) is 2. The maximum Gasteiger partial charge on any atom is 0.240 e. The number of nitrogens with one attached hydrogen (secondary N) is 1. The predicted molar refractivity (Wildman–Crippen MR) is 88.9 cm³/mol. The van der Waals surface area contributed by atoms with Crippen LogP contribution in [0.15, 0.2) is 29.2 Å². The Bertz CT molecular complexity index is 494. The minimum absolute atomic E-state index is 0.368. The number of benzene rings is 1. The highest BCUT2D eigenvalue weighted by atomic mass is 32.2. The van der Waals surface area contributed by atoms with Crippen LogP contribution in [0.3, 0.4) is 0 Å². The van der Waals surface area contributed by atoms with Crippen molar-refractivity contribution in [1.82, 2.24) is 4.72 Å². The Morgan fingerprint density at radius 3 is 2.24 bits per heavy atom. The molecule has 0 aliphatic rings. The molecular weight excluding hydrogens is 282 g/mol. The fourth-order valence-corrected chi connectivity index (χ4v) is 3.49. The molecule has 1 rings (SSSR count). The smallest absolute Gasteiger partial charge is 0.211 e. The van der Waals surface area contributed by atoms with E-state index in [2.05, 4.69) is 25.5 Å². The standard InChI is InChI=1S/C17H29NO2S/c1-4-7-9-15(6-3)14-18-21(19,20)17-12-10-16(8-5-2)11-13-17/h10-13,15,18H,4-9,14H2,1-3H3. The molecule has 0 aliphatic carbocycles. The average molecular weight is 311 g/mol. The van der Waals surface area contributed by atoms with E-state index in [4.69, 9.17) is 0 Å². The van der Waals surface area contributed by atoms with Crippen molar-refractivity contribution in [2.45, 2.75) is 64.2 Å². The van der Waals surface area contributed by atoms with E-state index >= 15 is 0 Å². The van der Waals surface area contributed by atoms with Gasteiger partial charge in [0.25, 0.3) is 0 Å². The first kappa shape index (κ1) is 18.2. The van der Waals surface area contributed by atoms with Crippen LogP contribution in [0.25, 0.3) is 0 Å². The van der Waals surface area contributed by atoms with Crippen LogP contribution >= 0.6 is 0 Å². The molecule has 1 aromatic rings. The summed E-state index contributed by atoms with van der Waals surface area (Å²) in [6, 6.07) is 7.24. The summed E-state index contributed by atoms with van der Waals surface area (Å²) in [4.78, 5) is 0.368. The molecule has 4 heteroatoms. The Morgan fingerprint density at radius 2 is 1.71 bits per heavy atom. The number of hydrogen-bond donors (Lipinski definition) is 1. The third-order valence-corrected chi connectivity index (χ3v) is 5.32. The van der Waals surface area contributed by atoms with Gasteiger partial charge in [-0.25, -0.2) is 13.1 Å². The van der Waals surface area contributed by atoms with Gasteiger partial charge in [-0.15, -0.1) is 0 Å². The van der Waals surface area contributed by atoms with Crippen LogP contribution in [0.2, 0.25) is 0 Å². The van der Waals surface area contributed by atoms with Gasteiger partial charge >= 0.3 is 0 Å². The summed E-state index contributed by atoms with van der Waals surface area (Å²) < 4.78 is 27.3. The van der Waals surface area contributed by atoms with Gasteiger partial charge in [-0.2, -0.15) is 0 Å². The zero-order chi connectivity index (χ0) is 15.7. The van der Waals surface area contributed by atoms with Gasteiger partial charge in [0, 0.05) is 6.54 Å². The Labute approximate surface area is 130 Å². The van der Waals surface area contributed by atoms with E-state index in [1.807, 2.05) is 12.1 Å². The third kappa shape index (κ3) is 6.18. The van der Waals surface area contributed by atoms with Crippen molar-refractivity contribution in [1.29, 1.82) is 0 Å². The highest BCUT2D eigenvalue weighted by Crippen LogP contribution is 2.15. The molecule has 21 heavy (non-hydrogen) atoms. The van der Waals surface area contributed by atoms with Crippen molar-refractivity contribution >= 4 is 10.0 Å². The summed E-state index contributed by atoms with van der Waals surface area (Å²) in [7, 11) is -3.37. The molecule has 120 valence electrons. The van der Waals surface area contributed by atoms with E-state index in [9.17, 15) is 8.42 Å². The molecule has 0 spiro atoms. The van der Waals surface area contributed by atoms with Gasteiger partial charge in [0.1, 0.15) is 0 Å². The van der Waals surface area contributed by atoms with Crippen molar-refractivity contribution in [3.05, 3.63) is 29.8 Å². The van der Waals surface area contributed by atoms with Crippen LogP contribution in [0.1, 0.15) is 58.4 Å². The molecule has 0 bridgehead atoms. The Balaban J connectivity index is 2.63. The van der Waals surface area contributed by atoms with Crippen LogP contribution in [0, 0.1) is 5.92 Å². The summed E-state index contributed by atoms with van der Waals surface area (Å²) in [5, 5.41) is 0. The minimum atomic E-state index is -3.37. The van der Waals surface area contributed by atoms with Gasteiger partial charge in [-0.3, -0.25) is 0 Å². The first-order valence-corrected chi connectivity index (χ1v) is 9.60. The molecule has 1 N–H and O–H groups in total. The molecule has 0 fully saturated rings. The van der Waals surface area contributed by atoms with Gasteiger partial charge < -0.3 is 0 Å². The van der Waals surface area contributed by atoms with Gasteiger partial charge in [-0.05, 0) is 36.5 Å². The van der Waals surface area contributed by atoms with Gasteiger partial charge in [-0.1, -0.05) is 58.6 Å². The number of sulfonamides is 1. The fraction of sp³-hybridized carbons (Fsp3) is 0.647. The maximum absolute atomic E-state index is 12.3. The summed E-state index contributed by atoms with van der Waals surface area (Å²) in [5.74, 6) is 0.430. The van der Waals surface area contributed by atoms with Crippen LogP contribution in [-0.2, 0) is 16.4 Å². The predicted octanol–water partition coefficient (Wildman–Crippen LogP) is 4.13. The summed E-state index contributed by atoms with van der Waals surface area (Å²) >= 11 is 0. The van der Waals surface area contributed by atoms with Crippen molar-refractivity contribution in [2.75, 3.05) is 6.54 Å². The molecule has 0 aliphatic heterocycles. The van der Waals surface area contributed by atoms with E-state index < -0.39 is 10.0 Å². The SMILES string of the molecule is CCCCC(CC)CNS(=O)(=O)c1ccc(CCC)cc1. The lowest BCUT2D eigenvalue weighted by Crippen LogP contribution is -2.29. The third-order valence-electron chi connectivity index (χ3n) is 3.88. The second-order valence-corrected chi connectivity index (χ2v) is 7.43. The zero-order valence-electron chi connectivity index (χ0n) is 13.6. The maximum atomic E-state index is 12.3.